The number of carbonyl (C=O) groups excluding carboxylic acids is 3. The maximum atomic E-state index is 12.2. The topological polar surface area (TPSA) is 83.5 Å². The Kier molecular flexibility index (Phi) is 7.13. The molecule has 0 aliphatic carbocycles. The molecule has 150 valence electrons. The number of Topliss-reactive ketones (excluding diaryl/α,β-unsaturated/α-hetero) is 2. The fourth-order valence-corrected chi connectivity index (χ4v) is 3.49. The van der Waals surface area contributed by atoms with E-state index in [-0.39, 0.29) is 54.3 Å². The van der Waals surface area contributed by atoms with Gasteiger partial charge in [-0.15, -0.1) is 11.3 Å². The minimum absolute atomic E-state index is 0.00971. The van der Waals surface area contributed by atoms with E-state index in [1.54, 1.807) is 18.2 Å². The summed E-state index contributed by atoms with van der Waals surface area (Å²) < 4.78 is 0. The van der Waals surface area contributed by atoms with Crippen LogP contribution in [0.3, 0.4) is 0 Å². The second-order valence-electron chi connectivity index (χ2n) is 7.90. The van der Waals surface area contributed by atoms with Gasteiger partial charge in [0.15, 0.2) is 5.78 Å². The molecule has 1 aromatic heterocycles. The Morgan fingerprint density at radius 3 is 2.29 bits per heavy atom. The van der Waals surface area contributed by atoms with Gasteiger partial charge in [0.05, 0.1) is 10.6 Å². The van der Waals surface area contributed by atoms with Gasteiger partial charge in [-0.3, -0.25) is 14.4 Å². The van der Waals surface area contributed by atoms with Crippen molar-refractivity contribution < 1.29 is 19.5 Å². The summed E-state index contributed by atoms with van der Waals surface area (Å²) in [5.41, 5.74) is 1.21. The number of aromatic hydroxyl groups is 1. The molecule has 0 atom stereocenters. The van der Waals surface area contributed by atoms with Crippen molar-refractivity contribution in [2.24, 2.45) is 0 Å². The molecule has 0 aliphatic rings. The summed E-state index contributed by atoms with van der Waals surface area (Å²) in [7, 11) is 0. The number of nitrogens with one attached hydrogen (secondary N) is 1. The predicted molar refractivity (Wildman–Crippen MR) is 112 cm³/mol. The second kappa shape index (κ2) is 9.15. The molecule has 1 aromatic carbocycles. The molecule has 28 heavy (non-hydrogen) atoms. The Morgan fingerprint density at radius 2 is 1.68 bits per heavy atom. The molecule has 0 unspecified atom stereocenters. The fourth-order valence-electron chi connectivity index (χ4n) is 2.65. The third-order valence-corrected chi connectivity index (χ3v) is 5.46. The summed E-state index contributed by atoms with van der Waals surface area (Å²) in [6.07, 6.45) is 0.384. The van der Waals surface area contributed by atoms with Crippen molar-refractivity contribution in [1.29, 1.82) is 0 Å². The van der Waals surface area contributed by atoms with Gasteiger partial charge in [0.2, 0.25) is 5.91 Å². The molecule has 0 bridgehead atoms. The number of phenolic OH excluding ortho intramolecular Hbond substituents is 1. The lowest BCUT2D eigenvalue weighted by molar-refractivity contribution is -0.122. The van der Waals surface area contributed by atoms with Crippen LogP contribution in [0.25, 0.3) is 0 Å². The van der Waals surface area contributed by atoms with E-state index in [1.165, 1.54) is 11.3 Å². The van der Waals surface area contributed by atoms with Crippen LogP contribution in [-0.4, -0.2) is 22.6 Å². The predicted octanol–water partition coefficient (Wildman–Crippen LogP) is 5.01. The van der Waals surface area contributed by atoms with Crippen molar-refractivity contribution in [2.45, 2.75) is 58.8 Å². The number of rotatable bonds is 8. The standard InChI is InChI=1S/C22H27NO4S/c1-14-5-11-20(28-14)19(26)10-7-16(24)8-12-21(27)23-17-13-15(22(2,3)4)6-9-18(17)25/h5-6,9,11,13,25H,7-8,10,12H2,1-4H3,(H,23,27). The number of benzene rings is 1. The number of amides is 1. The molecule has 0 fully saturated rings. The largest absolute Gasteiger partial charge is 0.506 e. The maximum Gasteiger partial charge on any atom is 0.224 e. The first-order chi connectivity index (χ1) is 13.1. The molecular formula is C22H27NO4S. The Hall–Kier alpha value is -2.47. The van der Waals surface area contributed by atoms with Crippen LogP contribution < -0.4 is 5.32 Å². The van der Waals surface area contributed by atoms with Crippen molar-refractivity contribution in [3.63, 3.8) is 0 Å². The highest BCUT2D eigenvalue weighted by molar-refractivity contribution is 7.14. The molecule has 6 heteroatoms. The summed E-state index contributed by atoms with van der Waals surface area (Å²) in [4.78, 5) is 37.9. The molecule has 0 aliphatic heterocycles. The van der Waals surface area contributed by atoms with Crippen LogP contribution in [0.2, 0.25) is 0 Å². The number of thiophene rings is 1. The Balaban J connectivity index is 1.82. The molecule has 1 amide bonds. The lowest BCUT2D eigenvalue weighted by Crippen LogP contribution is -2.16. The number of hydrogen-bond acceptors (Lipinski definition) is 5. The van der Waals surface area contributed by atoms with Gasteiger partial charge < -0.3 is 10.4 Å². The molecule has 2 N–H and O–H groups in total. The first-order valence-electron chi connectivity index (χ1n) is 9.31. The zero-order chi connectivity index (χ0) is 20.9. The lowest BCUT2D eigenvalue weighted by atomic mass is 9.87. The Bertz CT molecular complexity index is 877. The van der Waals surface area contributed by atoms with Crippen molar-refractivity contribution in [2.75, 3.05) is 5.32 Å². The highest BCUT2D eigenvalue weighted by atomic mass is 32.1. The highest BCUT2D eigenvalue weighted by Gasteiger charge is 2.17. The van der Waals surface area contributed by atoms with E-state index in [0.29, 0.717) is 10.6 Å². The molecule has 0 radical (unpaired) electrons. The smallest absolute Gasteiger partial charge is 0.224 e. The van der Waals surface area contributed by atoms with E-state index in [9.17, 15) is 19.5 Å². The third kappa shape index (κ3) is 6.30. The van der Waals surface area contributed by atoms with Crippen molar-refractivity contribution in [3.05, 3.63) is 45.6 Å². The van der Waals surface area contributed by atoms with Crippen molar-refractivity contribution in [1.82, 2.24) is 0 Å². The van der Waals surface area contributed by atoms with E-state index in [1.807, 2.05) is 39.8 Å². The molecule has 2 rings (SSSR count). The molecule has 2 aromatic rings. The van der Waals surface area contributed by atoms with Crippen LogP contribution in [0.15, 0.2) is 30.3 Å². The highest BCUT2D eigenvalue weighted by Crippen LogP contribution is 2.30. The Labute approximate surface area is 169 Å². The summed E-state index contributed by atoms with van der Waals surface area (Å²) in [6.45, 7) is 8.06. The van der Waals surface area contributed by atoms with Crippen LogP contribution >= 0.6 is 11.3 Å². The van der Waals surface area contributed by atoms with Gasteiger partial charge in [-0.05, 0) is 42.2 Å². The minimum atomic E-state index is -0.338. The zero-order valence-electron chi connectivity index (χ0n) is 16.8. The maximum absolute atomic E-state index is 12.2. The molecule has 0 saturated heterocycles. The lowest BCUT2D eigenvalue weighted by Gasteiger charge is -2.20. The second-order valence-corrected chi connectivity index (χ2v) is 9.19. The zero-order valence-corrected chi connectivity index (χ0v) is 17.6. The minimum Gasteiger partial charge on any atom is -0.506 e. The van der Waals surface area contributed by atoms with E-state index in [0.717, 1.165) is 10.4 Å². The third-order valence-electron chi connectivity index (χ3n) is 4.41. The van der Waals surface area contributed by atoms with Gasteiger partial charge in [0.25, 0.3) is 0 Å². The summed E-state index contributed by atoms with van der Waals surface area (Å²) in [5, 5.41) is 12.6. The van der Waals surface area contributed by atoms with Gasteiger partial charge >= 0.3 is 0 Å². The average Bonchev–Trinajstić information content (AvgIpc) is 3.05. The van der Waals surface area contributed by atoms with Gasteiger partial charge in [-0.1, -0.05) is 26.8 Å². The molecule has 0 saturated carbocycles. The van der Waals surface area contributed by atoms with Gasteiger partial charge in [0, 0.05) is 30.6 Å². The van der Waals surface area contributed by atoms with Crippen LogP contribution in [0.1, 0.15) is 66.6 Å². The number of ketones is 2. The monoisotopic (exact) mass is 401 g/mol. The van der Waals surface area contributed by atoms with Crippen molar-refractivity contribution >= 4 is 34.5 Å². The SMILES string of the molecule is Cc1ccc(C(=O)CCC(=O)CCC(=O)Nc2cc(C(C)(C)C)ccc2O)s1. The van der Waals surface area contributed by atoms with Gasteiger partial charge in [0.1, 0.15) is 11.5 Å². The molecule has 1 heterocycles. The van der Waals surface area contributed by atoms with Crippen LogP contribution in [0.4, 0.5) is 5.69 Å². The van der Waals surface area contributed by atoms with Gasteiger partial charge in [-0.25, -0.2) is 0 Å². The Morgan fingerprint density at radius 1 is 1.00 bits per heavy atom. The first kappa shape index (κ1) is 21.8. The van der Waals surface area contributed by atoms with Crippen LogP contribution in [0.5, 0.6) is 5.75 Å². The molecule has 5 nitrogen and oxygen atoms in total. The average molecular weight is 402 g/mol. The van der Waals surface area contributed by atoms with E-state index in [4.69, 9.17) is 0 Å². The number of aryl methyl sites for hydroxylation is 1. The normalized spacial score (nSPS) is 11.3. The van der Waals surface area contributed by atoms with E-state index < -0.39 is 0 Å². The number of phenols is 1. The summed E-state index contributed by atoms with van der Waals surface area (Å²) >= 11 is 1.42. The summed E-state index contributed by atoms with van der Waals surface area (Å²) in [5.74, 6) is -0.510. The number of anilines is 1. The van der Waals surface area contributed by atoms with Crippen molar-refractivity contribution in [3.8, 4) is 5.75 Å². The van der Waals surface area contributed by atoms with Crippen LogP contribution in [0, 0.1) is 6.92 Å². The molecule has 0 spiro atoms. The van der Waals surface area contributed by atoms with E-state index in [2.05, 4.69) is 5.32 Å². The fraction of sp³-hybridized carbons (Fsp3) is 0.409. The number of hydrogen-bond donors (Lipinski definition) is 2. The molecular weight excluding hydrogens is 374 g/mol. The van der Waals surface area contributed by atoms with Gasteiger partial charge in [-0.2, -0.15) is 0 Å². The number of carbonyl (C=O) groups is 3. The summed E-state index contributed by atoms with van der Waals surface area (Å²) in [6, 6.07) is 8.78. The van der Waals surface area contributed by atoms with Crippen LogP contribution in [-0.2, 0) is 15.0 Å². The van der Waals surface area contributed by atoms with E-state index >= 15 is 0 Å². The quantitative estimate of drug-likeness (QED) is 0.481. The first-order valence-corrected chi connectivity index (χ1v) is 10.1.